The minimum absolute atomic E-state index is 0.111. The summed E-state index contributed by atoms with van der Waals surface area (Å²) < 4.78 is 12.8. The SMILES string of the molecule is CC(c1ccc(F)cc1)c1ccc(Cl)cc1Cl. The molecule has 2 rings (SSSR count). The van der Waals surface area contributed by atoms with Gasteiger partial charge in [-0.05, 0) is 35.4 Å². The summed E-state index contributed by atoms with van der Waals surface area (Å²) in [7, 11) is 0. The molecule has 2 aromatic rings. The fourth-order valence-corrected chi connectivity index (χ4v) is 2.36. The Morgan fingerprint density at radius 1 is 1.00 bits per heavy atom. The van der Waals surface area contributed by atoms with E-state index in [-0.39, 0.29) is 11.7 Å². The molecule has 0 amide bonds. The summed E-state index contributed by atoms with van der Waals surface area (Å²) in [4.78, 5) is 0. The van der Waals surface area contributed by atoms with Crippen LogP contribution >= 0.6 is 23.2 Å². The maximum absolute atomic E-state index is 12.8. The normalized spacial score (nSPS) is 12.5. The molecule has 0 spiro atoms. The van der Waals surface area contributed by atoms with Gasteiger partial charge in [0.05, 0.1) is 0 Å². The van der Waals surface area contributed by atoms with Crippen molar-refractivity contribution >= 4 is 23.2 Å². The molecule has 0 aromatic heterocycles. The molecule has 0 nitrogen and oxygen atoms in total. The van der Waals surface area contributed by atoms with Gasteiger partial charge < -0.3 is 0 Å². The number of hydrogen-bond acceptors (Lipinski definition) is 0. The van der Waals surface area contributed by atoms with Gasteiger partial charge in [0.1, 0.15) is 5.82 Å². The van der Waals surface area contributed by atoms with Crippen LogP contribution in [0.3, 0.4) is 0 Å². The molecule has 1 unspecified atom stereocenters. The van der Waals surface area contributed by atoms with E-state index in [0.717, 1.165) is 11.1 Å². The monoisotopic (exact) mass is 268 g/mol. The lowest BCUT2D eigenvalue weighted by molar-refractivity contribution is 0.626. The minimum Gasteiger partial charge on any atom is -0.207 e. The third-order valence-electron chi connectivity index (χ3n) is 2.80. The highest BCUT2D eigenvalue weighted by Gasteiger charge is 2.12. The maximum Gasteiger partial charge on any atom is 0.123 e. The largest absolute Gasteiger partial charge is 0.207 e. The van der Waals surface area contributed by atoms with Gasteiger partial charge in [0, 0.05) is 16.0 Å². The Bertz CT molecular complexity index is 520. The van der Waals surface area contributed by atoms with Crippen LogP contribution in [0, 0.1) is 5.82 Å². The van der Waals surface area contributed by atoms with E-state index in [2.05, 4.69) is 0 Å². The van der Waals surface area contributed by atoms with Crippen LogP contribution in [0.4, 0.5) is 4.39 Å². The van der Waals surface area contributed by atoms with Crippen molar-refractivity contribution in [3.8, 4) is 0 Å². The molecule has 0 heterocycles. The van der Waals surface area contributed by atoms with Crippen molar-refractivity contribution in [3.05, 3.63) is 69.5 Å². The van der Waals surface area contributed by atoms with E-state index in [4.69, 9.17) is 23.2 Å². The molecule has 0 aliphatic heterocycles. The van der Waals surface area contributed by atoms with Gasteiger partial charge in [-0.2, -0.15) is 0 Å². The second-order valence-corrected chi connectivity index (χ2v) is 4.78. The maximum atomic E-state index is 12.8. The fourth-order valence-electron chi connectivity index (χ4n) is 1.78. The van der Waals surface area contributed by atoms with Crippen LogP contribution in [0.25, 0.3) is 0 Å². The Kier molecular flexibility index (Phi) is 3.70. The second-order valence-electron chi connectivity index (χ2n) is 3.94. The van der Waals surface area contributed by atoms with Crippen LogP contribution in [0.15, 0.2) is 42.5 Å². The van der Waals surface area contributed by atoms with Gasteiger partial charge in [0.15, 0.2) is 0 Å². The standard InChI is InChI=1S/C14H11Cl2F/c1-9(10-2-5-12(17)6-3-10)13-7-4-11(15)8-14(13)16/h2-9H,1H3. The molecule has 1 atom stereocenters. The summed E-state index contributed by atoms with van der Waals surface area (Å²) in [5, 5.41) is 1.25. The highest BCUT2D eigenvalue weighted by atomic mass is 35.5. The highest BCUT2D eigenvalue weighted by Crippen LogP contribution is 2.31. The van der Waals surface area contributed by atoms with Crippen molar-refractivity contribution in [3.63, 3.8) is 0 Å². The molecule has 0 aliphatic rings. The van der Waals surface area contributed by atoms with Crippen LogP contribution in [0.5, 0.6) is 0 Å². The molecular weight excluding hydrogens is 258 g/mol. The van der Waals surface area contributed by atoms with Gasteiger partial charge in [-0.15, -0.1) is 0 Å². The number of benzene rings is 2. The van der Waals surface area contributed by atoms with Crippen molar-refractivity contribution < 1.29 is 4.39 Å². The van der Waals surface area contributed by atoms with Crippen LogP contribution < -0.4 is 0 Å². The predicted octanol–water partition coefficient (Wildman–Crippen LogP) is 5.28. The van der Waals surface area contributed by atoms with Gasteiger partial charge in [-0.3, -0.25) is 0 Å². The van der Waals surface area contributed by atoms with Crippen LogP contribution in [-0.2, 0) is 0 Å². The first-order valence-corrected chi connectivity index (χ1v) is 6.04. The number of rotatable bonds is 2. The first kappa shape index (κ1) is 12.4. The Morgan fingerprint density at radius 3 is 2.24 bits per heavy atom. The molecule has 17 heavy (non-hydrogen) atoms. The lowest BCUT2D eigenvalue weighted by Gasteiger charge is -2.14. The molecule has 0 saturated carbocycles. The Labute approximate surface area is 110 Å². The first-order chi connectivity index (χ1) is 8.08. The topological polar surface area (TPSA) is 0 Å². The van der Waals surface area contributed by atoms with Crippen molar-refractivity contribution in [2.24, 2.45) is 0 Å². The molecule has 0 N–H and O–H groups in total. The van der Waals surface area contributed by atoms with E-state index in [1.807, 2.05) is 19.1 Å². The van der Waals surface area contributed by atoms with Gasteiger partial charge in [0.25, 0.3) is 0 Å². The second kappa shape index (κ2) is 5.07. The number of halogens is 3. The molecule has 88 valence electrons. The molecule has 0 fully saturated rings. The lowest BCUT2D eigenvalue weighted by Crippen LogP contribution is -1.97. The van der Waals surface area contributed by atoms with E-state index >= 15 is 0 Å². The smallest absolute Gasteiger partial charge is 0.123 e. The third-order valence-corrected chi connectivity index (χ3v) is 3.36. The predicted molar refractivity (Wildman–Crippen MR) is 70.4 cm³/mol. The zero-order valence-corrected chi connectivity index (χ0v) is 10.8. The summed E-state index contributed by atoms with van der Waals surface area (Å²) in [5.74, 6) is -0.122. The Balaban J connectivity index is 2.36. The molecule has 0 radical (unpaired) electrons. The Hall–Kier alpha value is -1.05. The molecular formula is C14H11Cl2F. The highest BCUT2D eigenvalue weighted by molar-refractivity contribution is 6.35. The van der Waals surface area contributed by atoms with E-state index in [1.54, 1.807) is 18.2 Å². The molecule has 2 aromatic carbocycles. The van der Waals surface area contributed by atoms with Gasteiger partial charge in [-0.1, -0.05) is 48.3 Å². The summed E-state index contributed by atoms with van der Waals surface area (Å²) in [6.45, 7) is 2.03. The van der Waals surface area contributed by atoms with E-state index in [0.29, 0.717) is 10.0 Å². The van der Waals surface area contributed by atoms with Crippen molar-refractivity contribution in [2.45, 2.75) is 12.8 Å². The van der Waals surface area contributed by atoms with Crippen molar-refractivity contribution in [1.29, 1.82) is 0 Å². The minimum atomic E-state index is -0.233. The van der Waals surface area contributed by atoms with Gasteiger partial charge in [0.2, 0.25) is 0 Å². The van der Waals surface area contributed by atoms with Crippen LogP contribution in [-0.4, -0.2) is 0 Å². The molecule has 0 aliphatic carbocycles. The van der Waals surface area contributed by atoms with Gasteiger partial charge in [-0.25, -0.2) is 4.39 Å². The average molecular weight is 269 g/mol. The van der Waals surface area contributed by atoms with Crippen molar-refractivity contribution in [2.75, 3.05) is 0 Å². The zero-order chi connectivity index (χ0) is 12.4. The number of hydrogen-bond donors (Lipinski definition) is 0. The average Bonchev–Trinajstić information content (AvgIpc) is 2.29. The first-order valence-electron chi connectivity index (χ1n) is 5.28. The zero-order valence-electron chi connectivity index (χ0n) is 9.25. The van der Waals surface area contributed by atoms with Crippen LogP contribution in [0.2, 0.25) is 10.0 Å². The van der Waals surface area contributed by atoms with Crippen LogP contribution in [0.1, 0.15) is 24.0 Å². The summed E-state index contributed by atoms with van der Waals surface area (Å²) in [6, 6.07) is 11.9. The molecule has 0 saturated heterocycles. The van der Waals surface area contributed by atoms with Gasteiger partial charge >= 0.3 is 0 Å². The summed E-state index contributed by atoms with van der Waals surface area (Å²) >= 11 is 12.0. The quantitative estimate of drug-likeness (QED) is 0.695. The fraction of sp³-hybridized carbons (Fsp3) is 0.143. The van der Waals surface area contributed by atoms with E-state index < -0.39 is 0 Å². The molecule has 0 bridgehead atoms. The lowest BCUT2D eigenvalue weighted by atomic mass is 9.93. The summed E-state index contributed by atoms with van der Waals surface area (Å²) in [6.07, 6.45) is 0. The van der Waals surface area contributed by atoms with E-state index in [1.165, 1.54) is 12.1 Å². The molecule has 3 heteroatoms. The van der Waals surface area contributed by atoms with E-state index in [9.17, 15) is 4.39 Å². The third kappa shape index (κ3) is 2.80. The van der Waals surface area contributed by atoms with Crippen molar-refractivity contribution in [1.82, 2.24) is 0 Å². The summed E-state index contributed by atoms with van der Waals surface area (Å²) in [5.41, 5.74) is 2.01. The Morgan fingerprint density at radius 2 is 1.65 bits per heavy atom.